The molecule has 0 atom stereocenters. The van der Waals surface area contributed by atoms with Crippen molar-refractivity contribution in [2.75, 3.05) is 6.61 Å². The van der Waals surface area contributed by atoms with Crippen molar-refractivity contribution in [3.63, 3.8) is 0 Å². The second kappa shape index (κ2) is 2.91. The number of fused-ring (bicyclic) bond motifs is 1. The Morgan fingerprint density at radius 2 is 2.36 bits per heavy atom. The van der Waals surface area contributed by atoms with E-state index in [0.717, 1.165) is 25.3 Å². The van der Waals surface area contributed by atoms with Gasteiger partial charge in [0.05, 0.1) is 6.61 Å². The molecule has 0 saturated carbocycles. The summed E-state index contributed by atoms with van der Waals surface area (Å²) in [4.78, 5) is 4.16. The van der Waals surface area contributed by atoms with E-state index < -0.39 is 0 Å². The Bertz CT molecular complexity index is 222. The summed E-state index contributed by atoms with van der Waals surface area (Å²) in [5.41, 5.74) is 1.25. The maximum Gasteiger partial charge on any atom is 0.216 e. The minimum absolute atomic E-state index is 0.823. The Balaban J connectivity index is 2.33. The van der Waals surface area contributed by atoms with E-state index in [0.29, 0.717) is 0 Å². The van der Waals surface area contributed by atoms with Crippen LogP contribution in [0.2, 0.25) is 0 Å². The molecule has 1 aromatic rings. The van der Waals surface area contributed by atoms with Gasteiger partial charge in [0.15, 0.2) is 0 Å². The molecule has 2 heterocycles. The SMILES string of the molecule is c1cnc2c(c1)CCCCO2. The number of ether oxygens (including phenoxy) is 1. The summed E-state index contributed by atoms with van der Waals surface area (Å²) in [6, 6.07) is 4.06. The highest BCUT2D eigenvalue weighted by molar-refractivity contribution is 5.25. The first-order valence-corrected chi connectivity index (χ1v) is 4.03. The standard InChI is InChI=1S/C9H11NO/c1-2-7-11-9-8(4-1)5-3-6-10-9/h3,5-6H,1-2,4,7H2. The molecule has 1 aliphatic heterocycles. The molecule has 2 heteroatoms. The van der Waals surface area contributed by atoms with E-state index in [1.807, 2.05) is 6.07 Å². The van der Waals surface area contributed by atoms with Gasteiger partial charge in [-0.1, -0.05) is 6.07 Å². The van der Waals surface area contributed by atoms with Crippen LogP contribution in [0.25, 0.3) is 0 Å². The molecule has 0 amide bonds. The van der Waals surface area contributed by atoms with Crippen LogP contribution in [-0.2, 0) is 6.42 Å². The lowest BCUT2D eigenvalue weighted by molar-refractivity contribution is 0.305. The fourth-order valence-corrected chi connectivity index (χ4v) is 1.33. The van der Waals surface area contributed by atoms with Crippen LogP contribution < -0.4 is 4.74 Å². The van der Waals surface area contributed by atoms with Crippen LogP contribution >= 0.6 is 0 Å². The summed E-state index contributed by atoms with van der Waals surface area (Å²) < 4.78 is 5.44. The van der Waals surface area contributed by atoms with Gasteiger partial charge in [0, 0.05) is 11.8 Å². The molecule has 11 heavy (non-hydrogen) atoms. The van der Waals surface area contributed by atoms with Crippen LogP contribution in [0.3, 0.4) is 0 Å². The van der Waals surface area contributed by atoms with Gasteiger partial charge in [0.25, 0.3) is 0 Å². The summed E-state index contributed by atoms with van der Waals surface area (Å²) in [7, 11) is 0. The van der Waals surface area contributed by atoms with Crippen LogP contribution in [0, 0.1) is 0 Å². The van der Waals surface area contributed by atoms with E-state index in [-0.39, 0.29) is 0 Å². The zero-order chi connectivity index (χ0) is 7.52. The van der Waals surface area contributed by atoms with Crippen LogP contribution in [0.5, 0.6) is 5.88 Å². The smallest absolute Gasteiger partial charge is 0.216 e. The van der Waals surface area contributed by atoms with E-state index in [1.54, 1.807) is 6.20 Å². The predicted octanol–water partition coefficient (Wildman–Crippen LogP) is 1.80. The molecule has 0 spiro atoms. The lowest BCUT2D eigenvalue weighted by atomic mass is 10.1. The van der Waals surface area contributed by atoms with E-state index >= 15 is 0 Å². The third-order valence-electron chi connectivity index (χ3n) is 1.93. The van der Waals surface area contributed by atoms with Crippen molar-refractivity contribution in [1.29, 1.82) is 0 Å². The molecule has 58 valence electrons. The summed E-state index contributed by atoms with van der Waals surface area (Å²) in [6.45, 7) is 0.823. The topological polar surface area (TPSA) is 22.1 Å². The van der Waals surface area contributed by atoms with E-state index in [2.05, 4.69) is 11.1 Å². The van der Waals surface area contributed by atoms with Gasteiger partial charge in [-0.05, 0) is 25.3 Å². The van der Waals surface area contributed by atoms with Crippen LogP contribution in [0.1, 0.15) is 18.4 Å². The highest BCUT2D eigenvalue weighted by Gasteiger charge is 2.07. The molecule has 0 fully saturated rings. The lowest BCUT2D eigenvalue weighted by Gasteiger charge is -2.02. The van der Waals surface area contributed by atoms with Gasteiger partial charge in [0.1, 0.15) is 0 Å². The Labute approximate surface area is 66.2 Å². The van der Waals surface area contributed by atoms with Gasteiger partial charge >= 0.3 is 0 Å². The van der Waals surface area contributed by atoms with Crippen molar-refractivity contribution in [3.05, 3.63) is 23.9 Å². The first kappa shape index (κ1) is 6.65. The maximum atomic E-state index is 5.44. The van der Waals surface area contributed by atoms with Gasteiger partial charge in [0.2, 0.25) is 5.88 Å². The molecule has 0 aromatic carbocycles. The third kappa shape index (κ3) is 1.34. The molecule has 1 aromatic heterocycles. The quantitative estimate of drug-likeness (QED) is 0.561. The highest BCUT2D eigenvalue weighted by Crippen LogP contribution is 2.19. The molecule has 0 radical (unpaired) electrons. The first-order valence-electron chi connectivity index (χ1n) is 4.03. The second-order valence-corrected chi connectivity index (χ2v) is 2.77. The number of hydrogen-bond donors (Lipinski definition) is 0. The van der Waals surface area contributed by atoms with Crippen molar-refractivity contribution in [2.24, 2.45) is 0 Å². The fraction of sp³-hybridized carbons (Fsp3) is 0.444. The zero-order valence-electron chi connectivity index (χ0n) is 6.42. The Hall–Kier alpha value is -1.05. The fourth-order valence-electron chi connectivity index (χ4n) is 1.33. The molecule has 0 saturated heterocycles. The third-order valence-corrected chi connectivity index (χ3v) is 1.93. The van der Waals surface area contributed by atoms with Gasteiger partial charge in [-0.3, -0.25) is 0 Å². The molecular formula is C9H11NO. The summed E-state index contributed by atoms with van der Waals surface area (Å²) in [6.07, 6.45) is 5.27. The predicted molar refractivity (Wildman–Crippen MR) is 42.7 cm³/mol. The number of nitrogens with zero attached hydrogens (tertiary/aromatic N) is 1. The number of rotatable bonds is 0. The van der Waals surface area contributed by atoms with Crippen LogP contribution in [-0.4, -0.2) is 11.6 Å². The normalized spacial score (nSPS) is 16.4. The van der Waals surface area contributed by atoms with E-state index in [1.165, 1.54) is 12.0 Å². The monoisotopic (exact) mass is 149 g/mol. The average molecular weight is 149 g/mol. The number of aryl methyl sites for hydroxylation is 1. The van der Waals surface area contributed by atoms with Crippen molar-refractivity contribution < 1.29 is 4.74 Å². The summed E-state index contributed by atoms with van der Waals surface area (Å²) >= 11 is 0. The van der Waals surface area contributed by atoms with E-state index in [4.69, 9.17) is 4.74 Å². The molecule has 0 unspecified atom stereocenters. The van der Waals surface area contributed by atoms with Gasteiger partial charge < -0.3 is 4.74 Å². The minimum Gasteiger partial charge on any atom is -0.477 e. The first-order chi connectivity index (χ1) is 5.47. The minimum atomic E-state index is 0.823. The van der Waals surface area contributed by atoms with Crippen molar-refractivity contribution >= 4 is 0 Å². The van der Waals surface area contributed by atoms with Crippen molar-refractivity contribution in [1.82, 2.24) is 4.98 Å². The summed E-state index contributed by atoms with van der Waals surface area (Å²) in [5.74, 6) is 0.838. The second-order valence-electron chi connectivity index (χ2n) is 2.77. The molecule has 2 rings (SSSR count). The average Bonchev–Trinajstić information content (AvgIpc) is 2.28. The molecule has 0 aliphatic carbocycles. The largest absolute Gasteiger partial charge is 0.477 e. The van der Waals surface area contributed by atoms with Crippen LogP contribution in [0.15, 0.2) is 18.3 Å². The molecule has 2 nitrogen and oxygen atoms in total. The van der Waals surface area contributed by atoms with Gasteiger partial charge in [-0.25, -0.2) is 4.98 Å². The number of pyridine rings is 1. The van der Waals surface area contributed by atoms with Gasteiger partial charge in [-0.2, -0.15) is 0 Å². The maximum absolute atomic E-state index is 5.44. The molecule has 0 bridgehead atoms. The number of hydrogen-bond acceptors (Lipinski definition) is 2. The zero-order valence-corrected chi connectivity index (χ0v) is 6.42. The summed E-state index contributed by atoms with van der Waals surface area (Å²) in [5, 5.41) is 0. The molecule has 0 N–H and O–H groups in total. The van der Waals surface area contributed by atoms with Crippen molar-refractivity contribution in [2.45, 2.75) is 19.3 Å². The highest BCUT2D eigenvalue weighted by atomic mass is 16.5. The Morgan fingerprint density at radius 1 is 1.36 bits per heavy atom. The Morgan fingerprint density at radius 3 is 3.36 bits per heavy atom. The Kier molecular flexibility index (Phi) is 1.76. The lowest BCUT2D eigenvalue weighted by Crippen LogP contribution is -1.96. The van der Waals surface area contributed by atoms with Gasteiger partial charge in [-0.15, -0.1) is 0 Å². The molecule has 1 aliphatic rings. The molecular weight excluding hydrogens is 138 g/mol. The van der Waals surface area contributed by atoms with Crippen molar-refractivity contribution in [3.8, 4) is 5.88 Å². The van der Waals surface area contributed by atoms with Crippen LogP contribution in [0.4, 0.5) is 0 Å². The van der Waals surface area contributed by atoms with E-state index in [9.17, 15) is 0 Å². The number of aromatic nitrogens is 1.